The molecule has 8 nitrogen and oxygen atoms in total. The summed E-state index contributed by atoms with van der Waals surface area (Å²) in [6.45, 7) is 0. The van der Waals surface area contributed by atoms with Crippen LogP contribution >= 0.6 is 0 Å². The number of ether oxygens (including phenoxy) is 3. The fourth-order valence-corrected chi connectivity index (χ4v) is 3.07. The van der Waals surface area contributed by atoms with Gasteiger partial charge in [0.2, 0.25) is 5.78 Å². The lowest BCUT2D eigenvalue weighted by Gasteiger charge is -2.13. The second kappa shape index (κ2) is 8.12. The highest BCUT2D eigenvalue weighted by molar-refractivity contribution is 6.05. The molecule has 4 aromatic rings. The molecule has 0 spiro atoms. The Morgan fingerprint density at radius 1 is 1.00 bits per heavy atom. The third-order valence-corrected chi connectivity index (χ3v) is 4.59. The van der Waals surface area contributed by atoms with E-state index in [2.05, 4.69) is 15.3 Å². The van der Waals surface area contributed by atoms with E-state index >= 15 is 0 Å². The number of fused-ring (bicyclic) bond motifs is 1. The zero-order chi connectivity index (χ0) is 21.1. The fraction of sp³-hybridized carbons (Fsp3) is 0.136. The molecule has 2 aromatic heterocycles. The van der Waals surface area contributed by atoms with Crippen molar-refractivity contribution in [1.29, 1.82) is 0 Å². The fourth-order valence-electron chi connectivity index (χ4n) is 3.07. The highest BCUT2D eigenvalue weighted by Crippen LogP contribution is 2.31. The van der Waals surface area contributed by atoms with Crippen LogP contribution in [0.1, 0.15) is 10.4 Å². The van der Waals surface area contributed by atoms with Crippen LogP contribution in [0.15, 0.2) is 61.1 Å². The summed E-state index contributed by atoms with van der Waals surface area (Å²) in [5.74, 6) is 1.86. The average Bonchev–Trinajstić information content (AvgIpc) is 3.23. The maximum Gasteiger partial charge on any atom is 0.256 e. The van der Waals surface area contributed by atoms with Crippen molar-refractivity contribution in [2.45, 2.75) is 0 Å². The van der Waals surface area contributed by atoms with Gasteiger partial charge in [-0.1, -0.05) is 0 Å². The van der Waals surface area contributed by atoms with Gasteiger partial charge in [0.15, 0.2) is 0 Å². The molecule has 2 heterocycles. The van der Waals surface area contributed by atoms with Crippen molar-refractivity contribution in [3.05, 3.63) is 66.6 Å². The first-order chi connectivity index (χ1) is 14.6. The number of rotatable bonds is 6. The van der Waals surface area contributed by atoms with Crippen molar-refractivity contribution in [3.8, 4) is 28.5 Å². The molecule has 0 aliphatic carbocycles. The van der Waals surface area contributed by atoms with Gasteiger partial charge in [0.05, 0.1) is 32.7 Å². The van der Waals surface area contributed by atoms with Crippen LogP contribution in [0.3, 0.4) is 0 Å². The van der Waals surface area contributed by atoms with Gasteiger partial charge in [0, 0.05) is 35.8 Å². The highest BCUT2D eigenvalue weighted by Gasteiger charge is 2.15. The van der Waals surface area contributed by atoms with Crippen molar-refractivity contribution < 1.29 is 19.0 Å². The molecule has 0 aliphatic rings. The first kappa shape index (κ1) is 19.3. The van der Waals surface area contributed by atoms with Gasteiger partial charge in [-0.25, -0.2) is 9.97 Å². The topological polar surface area (TPSA) is 87.0 Å². The molecule has 0 atom stereocenters. The predicted octanol–water partition coefficient (Wildman–Crippen LogP) is 3.67. The lowest BCUT2D eigenvalue weighted by atomic mass is 10.1. The molecular formula is C22H20N4O4. The minimum Gasteiger partial charge on any atom is -0.497 e. The molecular weight excluding hydrogens is 384 g/mol. The Bertz CT molecular complexity index is 1160. The van der Waals surface area contributed by atoms with Crippen molar-refractivity contribution >= 4 is 17.4 Å². The largest absolute Gasteiger partial charge is 0.497 e. The first-order valence-corrected chi connectivity index (χ1v) is 9.14. The van der Waals surface area contributed by atoms with E-state index in [1.165, 1.54) is 14.2 Å². The number of hydrogen-bond acceptors (Lipinski definition) is 6. The number of amides is 1. The zero-order valence-corrected chi connectivity index (χ0v) is 16.7. The van der Waals surface area contributed by atoms with Crippen molar-refractivity contribution in [3.63, 3.8) is 0 Å². The molecule has 0 radical (unpaired) electrons. The standard InChI is InChI=1S/C22H20N4O4/c1-28-16-9-15(10-17(12-16)29-2)21(27)24-18-11-14(5-6-20(18)30-3)19-13-26-8-4-7-23-22(26)25-19/h4-13H,1-3H3,(H,24,27). The van der Waals surface area contributed by atoms with Gasteiger partial charge in [0.25, 0.3) is 5.91 Å². The predicted molar refractivity (Wildman–Crippen MR) is 112 cm³/mol. The number of imidazole rings is 1. The smallest absolute Gasteiger partial charge is 0.256 e. The van der Waals surface area contributed by atoms with Crippen molar-refractivity contribution in [2.24, 2.45) is 0 Å². The summed E-state index contributed by atoms with van der Waals surface area (Å²) in [5.41, 5.74) is 2.47. The molecule has 0 saturated heterocycles. The molecule has 152 valence electrons. The Morgan fingerprint density at radius 2 is 1.77 bits per heavy atom. The molecule has 1 N–H and O–H groups in total. The first-order valence-electron chi connectivity index (χ1n) is 9.14. The maximum absolute atomic E-state index is 12.9. The Morgan fingerprint density at radius 3 is 2.43 bits per heavy atom. The van der Waals surface area contributed by atoms with Gasteiger partial charge in [0.1, 0.15) is 17.2 Å². The van der Waals surface area contributed by atoms with Crippen LogP contribution in [-0.2, 0) is 0 Å². The quantitative estimate of drug-likeness (QED) is 0.528. The third kappa shape index (κ3) is 3.75. The lowest BCUT2D eigenvalue weighted by Crippen LogP contribution is -2.13. The normalized spacial score (nSPS) is 10.6. The van der Waals surface area contributed by atoms with Crippen molar-refractivity contribution in [2.75, 3.05) is 26.6 Å². The Balaban J connectivity index is 1.68. The summed E-state index contributed by atoms with van der Waals surface area (Å²) >= 11 is 0. The molecule has 0 saturated carbocycles. The molecule has 1 amide bonds. The molecule has 0 bridgehead atoms. The summed E-state index contributed by atoms with van der Waals surface area (Å²) in [5, 5.41) is 2.90. The van der Waals surface area contributed by atoms with E-state index in [4.69, 9.17) is 14.2 Å². The van der Waals surface area contributed by atoms with Crippen LogP contribution in [0.4, 0.5) is 5.69 Å². The second-order valence-corrected chi connectivity index (χ2v) is 6.42. The van der Waals surface area contributed by atoms with E-state index in [1.807, 2.05) is 35.0 Å². The van der Waals surface area contributed by atoms with Gasteiger partial charge >= 0.3 is 0 Å². The molecule has 0 aliphatic heterocycles. The molecule has 8 heteroatoms. The number of methoxy groups -OCH3 is 3. The summed E-state index contributed by atoms with van der Waals surface area (Å²) in [6, 6.07) is 12.3. The number of carbonyl (C=O) groups is 1. The van der Waals surface area contributed by atoms with Gasteiger partial charge in [-0.2, -0.15) is 0 Å². The van der Waals surface area contributed by atoms with Gasteiger partial charge in [-0.05, 0) is 36.4 Å². The van der Waals surface area contributed by atoms with E-state index in [0.29, 0.717) is 34.3 Å². The maximum atomic E-state index is 12.9. The van der Waals surface area contributed by atoms with Gasteiger partial charge in [-0.3, -0.25) is 9.20 Å². The van der Waals surface area contributed by atoms with Crippen LogP contribution in [-0.4, -0.2) is 41.6 Å². The molecule has 0 unspecified atom stereocenters. The SMILES string of the molecule is COc1cc(OC)cc(C(=O)Nc2cc(-c3cn4cccnc4n3)ccc2OC)c1. The van der Waals surface area contributed by atoms with Crippen LogP contribution in [0.5, 0.6) is 17.2 Å². The lowest BCUT2D eigenvalue weighted by molar-refractivity contribution is 0.102. The number of anilines is 1. The molecule has 2 aromatic carbocycles. The van der Waals surface area contributed by atoms with Crippen LogP contribution < -0.4 is 19.5 Å². The van der Waals surface area contributed by atoms with Crippen molar-refractivity contribution in [1.82, 2.24) is 14.4 Å². The summed E-state index contributed by atoms with van der Waals surface area (Å²) < 4.78 is 17.7. The number of nitrogens with zero attached hydrogens (tertiary/aromatic N) is 3. The van der Waals surface area contributed by atoms with Gasteiger partial charge in [-0.15, -0.1) is 0 Å². The monoisotopic (exact) mass is 404 g/mol. The van der Waals surface area contributed by atoms with Crippen LogP contribution in [0, 0.1) is 0 Å². The van der Waals surface area contributed by atoms with Gasteiger partial charge < -0.3 is 19.5 Å². The highest BCUT2D eigenvalue weighted by atomic mass is 16.5. The Kier molecular flexibility index (Phi) is 5.21. The third-order valence-electron chi connectivity index (χ3n) is 4.59. The number of nitrogens with one attached hydrogen (secondary N) is 1. The number of carbonyl (C=O) groups excluding carboxylic acids is 1. The Labute approximate surface area is 173 Å². The van der Waals surface area contributed by atoms with E-state index < -0.39 is 0 Å². The van der Waals surface area contributed by atoms with E-state index in [0.717, 1.165) is 11.3 Å². The summed E-state index contributed by atoms with van der Waals surface area (Å²) in [6.07, 6.45) is 5.44. The van der Waals surface area contributed by atoms with E-state index in [-0.39, 0.29) is 5.91 Å². The summed E-state index contributed by atoms with van der Waals surface area (Å²) in [4.78, 5) is 21.7. The van der Waals surface area contributed by atoms with E-state index in [1.54, 1.807) is 37.6 Å². The number of hydrogen-bond donors (Lipinski definition) is 1. The molecule has 0 fully saturated rings. The number of benzene rings is 2. The van der Waals surface area contributed by atoms with Crippen LogP contribution in [0.2, 0.25) is 0 Å². The summed E-state index contributed by atoms with van der Waals surface area (Å²) in [7, 11) is 4.62. The number of aromatic nitrogens is 3. The second-order valence-electron chi connectivity index (χ2n) is 6.42. The molecule has 30 heavy (non-hydrogen) atoms. The van der Waals surface area contributed by atoms with Crippen LogP contribution in [0.25, 0.3) is 17.0 Å². The van der Waals surface area contributed by atoms with E-state index in [9.17, 15) is 4.79 Å². The average molecular weight is 404 g/mol. The Hall–Kier alpha value is -4.07. The zero-order valence-electron chi connectivity index (χ0n) is 16.7. The minimum atomic E-state index is -0.320. The molecule has 4 rings (SSSR count). The minimum absolute atomic E-state index is 0.320.